The van der Waals surface area contributed by atoms with Crippen molar-refractivity contribution in [2.24, 2.45) is 10.3 Å². The van der Waals surface area contributed by atoms with E-state index in [0.717, 1.165) is 38.6 Å². The van der Waals surface area contributed by atoms with Crippen LogP contribution in [-0.2, 0) is 40.7 Å². The number of nitrogens with one attached hydrogen (secondary N) is 2. The zero-order valence-corrected chi connectivity index (χ0v) is 29.6. The number of nitrogens with zero attached hydrogens (tertiary/aromatic N) is 3. The summed E-state index contributed by atoms with van der Waals surface area (Å²) in [4.78, 5) is 12.6. The normalized spacial score (nSPS) is 15.7. The Bertz CT molecular complexity index is 2390. The number of sulfonamides is 2. The number of nitrogens with two attached hydrogens (primary N) is 2. The maximum atomic E-state index is 11.5. The predicted molar refractivity (Wildman–Crippen MR) is 190 cm³/mol. The first-order chi connectivity index (χ1) is 23.5. The van der Waals surface area contributed by atoms with Crippen molar-refractivity contribution in [3.05, 3.63) is 84.6 Å². The molecular weight excluding hydrogens is 681 g/mol. The number of primary sulfonamides is 2. The van der Waals surface area contributed by atoms with Crippen LogP contribution in [0.25, 0.3) is 44.7 Å². The molecule has 1 fully saturated rings. The van der Waals surface area contributed by atoms with Crippen molar-refractivity contribution < 1.29 is 30.9 Å². The van der Waals surface area contributed by atoms with Crippen LogP contribution in [0.3, 0.4) is 0 Å². The highest BCUT2D eigenvalue weighted by Gasteiger charge is 2.51. The van der Waals surface area contributed by atoms with Gasteiger partial charge in [-0.3, -0.25) is 5.10 Å². The van der Waals surface area contributed by atoms with Crippen LogP contribution in [0.15, 0.2) is 88.8 Å². The minimum atomic E-state index is -3.74. The van der Waals surface area contributed by atoms with E-state index in [9.17, 15) is 16.8 Å². The van der Waals surface area contributed by atoms with Gasteiger partial charge in [-0.1, -0.05) is 36.4 Å². The van der Waals surface area contributed by atoms with Gasteiger partial charge in [0.15, 0.2) is 11.5 Å². The van der Waals surface area contributed by atoms with E-state index in [2.05, 4.69) is 20.2 Å². The molecule has 0 saturated carbocycles. The van der Waals surface area contributed by atoms with Gasteiger partial charge in [0.05, 0.1) is 44.0 Å². The highest BCUT2D eigenvalue weighted by atomic mass is 32.2. The Balaban J connectivity index is 0.000000195. The highest BCUT2D eigenvalue weighted by molar-refractivity contribution is 7.89. The average molecular weight is 718 g/mol. The number of aromatic nitrogens is 5. The second kappa shape index (κ2) is 13.0. The first kappa shape index (κ1) is 35.3. The molecule has 1 saturated heterocycles. The van der Waals surface area contributed by atoms with Crippen LogP contribution < -0.4 is 15.7 Å². The Labute approximate surface area is 289 Å². The predicted octanol–water partition coefficient (Wildman–Crippen LogP) is 3.60. The van der Waals surface area contributed by atoms with Crippen molar-refractivity contribution in [1.82, 2.24) is 25.1 Å². The summed E-state index contributed by atoms with van der Waals surface area (Å²) in [6.07, 6.45) is 1.69. The van der Waals surface area contributed by atoms with Crippen LogP contribution in [0.5, 0.6) is 0 Å². The number of methoxy groups -OCH3 is 1. The van der Waals surface area contributed by atoms with Crippen molar-refractivity contribution in [3.8, 4) is 22.6 Å². The van der Waals surface area contributed by atoms with E-state index in [0.29, 0.717) is 23.8 Å². The summed E-state index contributed by atoms with van der Waals surface area (Å²) >= 11 is 0. The van der Waals surface area contributed by atoms with Crippen molar-refractivity contribution in [1.29, 1.82) is 0 Å². The molecule has 7 rings (SSSR count). The summed E-state index contributed by atoms with van der Waals surface area (Å²) < 4.78 is 62.4. The molecule has 3 aromatic heterocycles. The summed E-state index contributed by atoms with van der Waals surface area (Å²) in [6, 6.07) is 20.4. The molecule has 1 aliphatic heterocycles. The third-order valence-corrected chi connectivity index (χ3v) is 10.7. The van der Waals surface area contributed by atoms with Crippen LogP contribution in [-0.4, -0.2) is 67.4 Å². The van der Waals surface area contributed by atoms with Crippen LogP contribution in [0, 0.1) is 0 Å². The molecule has 0 atom stereocenters. The first-order valence-electron chi connectivity index (χ1n) is 15.4. The lowest BCUT2D eigenvalue weighted by atomic mass is 9.79. The fourth-order valence-electron chi connectivity index (χ4n) is 5.35. The van der Waals surface area contributed by atoms with Gasteiger partial charge >= 0.3 is 7.12 Å². The minimum absolute atomic E-state index is 0.0587. The lowest BCUT2D eigenvalue weighted by Gasteiger charge is -2.32. The molecule has 0 unspecified atom stereocenters. The van der Waals surface area contributed by atoms with Gasteiger partial charge in [-0.2, -0.15) is 5.10 Å². The summed E-state index contributed by atoms with van der Waals surface area (Å²) in [5.74, 6) is 0.643. The lowest BCUT2D eigenvalue weighted by Crippen LogP contribution is -2.41. The molecule has 0 bridgehead atoms. The molecule has 6 aromatic rings. The topological polar surface area (TPSA) is 218 Å². The number of aromatic amines is 2. The van der Waals surface area contributed by atoms with Gasteiger partial charge in [0, 0.05) is 24.4 Å². The van der Waals surface area contributed by atoms with E-state index in [4.69, 9.17) is 29.3 Å². The summed E-state index contributed by atoms with van der Waals surface area (Å²) in [6.45, 7) is 8.32. The Kier molecular flexibility index (Phi) is 9.19. The summed E-state index contributed by atoms with van der Waals surface area (Å²) in [7, 11) is -6.26. The number of ether oxygens (including phenoxy) is 1. The maximum absolute atomic E-state index is 11.5. The molecule has 17 heteroatoms. The largest absolute Gasteiger partial charge is 0.494 e. The molecule has 1 aliphatic rings. The Morgan fingerprint density at radius 1 is 0.840 bits per heavy atom. The second-order valence-electron chi connectivity index (χ2n) is 12.8. The van der Waals surface area contributed by atoms with Crippen molar-refractivity contribution in [2.45, 2.75) is 55.3 Å². The van der Waals surface area contributed by atoms with Gasteiger partial charge in [-0.15, -0.1) is 0 Å². The number of imidazole rings is 1. The van der Waals surface area contributed by atoms with E-state index < -0.39 is 38.4 Å². The Morgan fingerprint density at radius 2 is 1.44 bits per heavy atom. The number of pyridine rings is 1. The monoisotopic (exact) mass is 717 g/mol. The van der Waals surface area contributed by atoms with E-state index in [1.165, 1.54) is 24.3 Å². The molecule has 0 radical (unpaired) electrons. The lowest BCUT2D eigenvalue weighted by molar-refractivity contribution is 0.00578. The quantitative estimate of drug-likeness (QED) is 0.176. The SMILES string of the molecule is CC1(C)OB(c2ccc(S(N)(=O)=O)cc2)OC1(C)C.COCc1cccc2[nH]c(-c3[nH]nc4ncc(-c5ccc(S(N)(=O)=O)cc5)cc34)nc12. The number of benzene rings is 3. The third kappa shape index (κ3) is 7.06. The highest BCUT2D eigenvalue weighted by Crippen LogP contribution is 2.36. The average Bonchev–Trinajstić information content (AvgIpc) is 3.74. The maximum Gasteiger partial charge on any atom is 0.494 e. The molecule has 14 nitrogen and oxygen atoms in total. The molecule has 50 heavy (non-hydrogen) atoms. The Hall–Kier alpha value is -4.49. The van der Waals surface area contributed by atoms with Gasteiger partial charge < -0.3 is 19.0 Å². The number of para-hydroxylation sites is 1. The zero-order valence-electron chi connectivity index (χ0n) is 28.0. The van der Waals surface area contributed by atoms with Gasteiger partial charge in [-0.25, -0.2) is 37.1 Å². The van der Waals surface area contributed by atoms with E-state index >= 15 is 0 Å². The number of rotatable bonds is 7. The molecule has 0 spiro atoms. The number of hydrogen-bond acceptors (Lipinski definition) is 10. The fourth-order valence-corrected chi connectivity index (χ4v) is 6.38. The van der Waals surface area contributed by atoms with Gasteiger partial charge in [0.25, 0.3) is 0 Å². The van der Waals surface area contributed by atoms with Gasteiger partial charge in [0.2, 0.25) is 20.0 Å². The molecule has 0 amide bonds. The van der Waals surface area contributed by atoms with Crippen LogP contribution in [0.4, 0.5) is 0 Å². The van der Waals surface area contributed by atoms with Crippen molar-refractivity contribution in [2.75, 3.05) is 7.11 Å². The van der Waals surface area contributed by atoms with Gasteiger partial charge in [0.1, 0.15) is 5.69 Å². The number of H-pyrrole nitrogens is 2. The molecule has 3 aromatic carbocycles. The third-order valence-electron chi connectivity index (χ3n) is 8.79. The van der Waals surface area contributed by atoms with E-state index in [-0.39, 0.29) is 9.79 Å². The first-order valence-corrected chi connectivity index (χ1v) is 18.5. The number of fused-ring (bicyclic) bond motifs is 2. The zero-order chi connectivity index (χ0) is 36.1. The molecule has 260 valence electrons. The van der Waals surface area contributed by atoms with Crippen LogP contribution >= 0.6 is 0 Å². The second-order valence-corrected chi connectivity index (χ2v) is 15.9. The molecular formula is C33H36BN7O7S2. The molecule has 0 aliphatic carbocycles. The van der Waals surface area contributed by atoms with Gasteiger partial charge in [-0.05, 0) is 75.1 Å². The Morgan fingerprint density at radius 3 is 2.02 bits per heavy atom. The molecule has 4 heterocycles. The summed E-state index contributed by atoms with van der Waals surface area (Å²) in [5, 5.41) is 18.3. The van der Waals surface area contributed by atoms with E-state index in [1.54, 1.807) is 37.6 Å². The van der Waals surface area contributed by atoms with Crippen molar-refractivity contribution >= 4 is 54.7 Å². The van der Waals surface area contributed by atoms with Crippen molar-refractivity contribution in [3.63, 3.8) is 0 Å². The summed E-state index contributed by atoms with van der Waals surface area (Å²) in [5.41, 5.74) is 5.54. The van der Waals surface area contributed by atoms with Crippen LogP contribution in [0.1, 0.15) is 33.3 Å². The van der Waals surface area contributed by atoms with E-state index in [1.807, 2.05) is 52.0 Å². The minimum Gasteiger partial charge on any atom is -0.399 e. The fraction of sp³-hybridized carbons (Fsp3) is 0.242. The standard InChI is InChI=1S/C21H18N6O3S.C12H18BNO4S/c1-30-11-13-3-2-4-17-18(13)25-21(24-17)19-16-9-14(10-23-20(16)27-26-19)12-5-7-15(8-6-12)31(22,28)29;1-11(2)12(3,4)18-13(17-11)9-5-7-10(8-6-9)19(14,15)16/h2-10H,11H2,1H3,(H,24,25)(H2,22,28,29)(H,23,26,27);5-8H,1-4H3,(H2,14,15,16). The number of hydrogen-bond donors (Lipinski definition) is 4. The smallest absolute Gasteiger partial charge is 0.399 e. The molecule has 6 N–H and O–H groups in total. The van der Waals surface area contributed by atoms with Crippen LogP contribution in [0.2, 0.25) is 0 Å².